The fourth-order valence-electron chi connectivity index (χ4n) is 4.77. The summed E-state index contributed by atoms with van der Waals surface area (Å²) < 4.78 is 0. The van der Waals surface area contributed by atoms with Gasteiger partial charge in [0.1, 0.15) is 5.82 Å². The summed E-state index contributed by atoms with van der Waals surface area (Å²) in [5.41, 5.74) is 11.0. The molecule has 1 fully saturated rings. The summed E-state index contributed by atoms with van der Waals surface area (Å²) in [4.78, 5) is 10.2. The molecule has 5 nitrogen and oxygen atoms in total. The second kappa shape index (κ2) is 5.49. The molecule has 4 N–H and O–H groups in total. The number of likely N-dealkylation sites (tertiary alicyclic amines) is 1. The summed E-state index contributed by atoms with van der Waals surface area (Å²) in [6, 6.07) is 11.5. The van der Waals surface area contributed by atoms with E-state index in [1.807, 2.05) is 18.3 Å². The summed E-state index contributed by atoms with van der Waals surface area (Å²) in [7, 11) is 2.25. The van der Waals surface area contributed by atoms with Crippen molar-refractivity contribution in [2.24, 2.45) is 0 Å². The molecule has 3 aromatic rings. The average Bonchev–Trinajstić information content (AvgIpc) is 3.03. The van der Waals surface area contributed by atoms with Crippen LogP contribution in [0.2, 0.25) is 0 Å². The minimum Gasteiger partial charge on any atom is -0.384 e. The Morgan fingerprint density at radius 2 is 2.20 bits per heavy atom. The average molecular weight is 333 g/mol. The van der Waals surface area contributed by atoms with Crippen LogP contribution in [-0.2, 0) is 6.42 Å². The van der Waals surface area contributed by atoms with Crippen LogP contribution in [-0.4, -0.2) is 40.5 Å². The molecule has 1 aliphatic heterocycles. The number of piperidine rings is 1. The van der Waals surface area contributed by atoms with Crippen LogP contribution in [0, 0.1) is 0 Å². The first-order valence-electron chi connectivity index (χ1n) is 8.96. The molecule has 2 aliphatic rings. The topological polar surface area (TPSA) is 70.0 Å². The zero-order chi connectivity index (χ0) is 17.0. The largest absolute Gasteiger partial charge is 0.384 e. The molecule has 0 spiro atoms. The Bertz CT molecular complexity index is 913. The predicted octanol–water partition coefficient (Wildman–Crippen LogP) is 2.97. The van der Waals surface area contributed by atoms with E-state index < -0.39 is 0 Å². The van der Waals surface area contributed by atoms with Crippen LogP contribution in [0.1, 0.15) is 23.5 Å². The van der Waals surface area contributed by atoms with Crippen molar-refractivity contribution in [3.8, 4) is 0 Å². The first-order chi connectivity index (χ1) is 12.2. The van der Waals surface area contributed by atoms with Gasteiger partial charge < -0.3 is 20.9 Å². The van der Waals surface area contributed by atoms with Gasteiger partial charge in [-0.15, -0.1) is 0 Å². The number of benzene rings is 1. The third-order valence-electron chi connectivity index (χ3n) is 5.88. The van der Waals surface area contributed by atoms with Gasteiger partial charge in [-0.25, -0.2) is 4.98 Å². The summed E-state index contributed by atoms with van der Waals surface area (Å²) >= 11 is 0. The Hall–Kier alpha value is -2.53. The van der Waals surface area contributed by atoms with Gasteiger partial charge >= 0.3 is 0 Å². The van der Waals surface area contributed by atoms with Crippen LogP contribution < -0.4 is 11.1 Å². The van der Waals surface area contributed by atoms with Gasteiger partial charge in [0.25, 0.3) is 0 Å². The Balaban J connectivity index is 1.47. The van der Waals surface area contributed by atoms with E-state index in [9.17, 15) is 0 Å². The van der Waals surface area contributed by atoms with Crippen LogP contribution in [0.25, 0.3) is 10.9 Å². The van der Waals surface area contributed by atoms with E-state index in [-0.39, 0.29) is 0 Å². The van der Waals surface area contributed by atoms with Gasteiger partial charge in [0.2, 0.25) is 0 Å². The third kappa shape index (κ3) is 2.38. The number of pyridine rings is 1. The van der Waals surface area contributed by atoms with Crippen molar-refractivity contribution in [2.75, 3.05) is 24.6 Å². The Morgan fingerprint density at radius 1 is 1.28 bits per heavy atom. The van der Waals surface area contributed by atoms with E-state index in [2.05, 4.69) is 51.6 Å². The number of nitrogens with one attached hydrogen (secondary N) is 2. The maximum atomic E-state index is 5.70. The number of nitrogens with two attached hydrogens (primary N) is 1. The molecule has 0 radical (unpaired) electrons. The first kappa shape index (κ1) is 14.8. The van der Waals surface area contributed by atoms with E-state index in [4.69, 9.17) is 5.73 Å². The molecule has 3 atom stereocenters. The number of H-pyrrole nitrogens is 1. The van der Waals surface area contributed by atoms with E-state index in [1.54, 1.807) is 0 Å². The lowest BCUT2D eigenvalue weighted by Crippen LogP contribution is -2.51. The van der Waals surface area contributed by atoms with Gasteiger partial charge in [-0.05, 0) is 49.2 Å². The smallest absolute Gasteiger partial charge is 0.123 e. The monoisotopic (exact) mass is 333 g/mol. The number of nitrogens with zero attached hydrogens (tertiary/aromatic N) is 2. The zero-order valence-corrected chi connectivity index (χ0v) is 14.4. The van der Waals surface area contributed by atoms with Crippen LogP contribution in [0.5, 0.6) is 0 Å². The van der Waals surface area contributed by atoms with Crippen LogP contribution in [0.3, 0.4) is 0 Å². The number of anilines is 2. The van der Waals surface area contributed by atoms with E-state index in [0.717, 1.165) is 25.1 Å². The molecule has 5 heteroatoms. The maximum absolute atomic E-state index is 5.70. The van der Waals surface area contributed by atoms with Crippen molar-refractivity contribution >= 4 is 22.4 Å². The number of hydrogen-bond acceptors (Lipinski definition) is 4. The lowest BCUT2D eigenvalue weighted by Gasteiger charge is -2.45. The lowest BCUT2D eigenvalue weighted by molar-refractivity contribution is 0.147. The highest BCUT2D eigenvalue weighted by atomic mass is 15.2. The molecule has 1 aromatic carbocycles. The summed E-state index contributed by atoms with van der Waals surface area (Å²) in [6.07, 6.45) is 6.30. The van der Waals surface area contributed by atoms with Gasteiger partial charge in [0, 0.05) is 41.6 Å². The highest BCUT2D eigenvalue weighted by Crippen LogP contribution is 2.43. The molecular weight excluding hydrogens is 310 g/mol. The highest BCUT2D eigenvalue weighted by molar-refractivity contribution is 5.88. The molecule has 128 valence electrons. The second-order valence-corrected chi connectivity index (χ2v) is 7.45. The van der Waals surface area contributed by atoms with Gasteiger partial charge in [-0.1, -0.05) is 12.1 Å². The molecule has 2 aromatic heterocycles. The predicted molar refractivity (Wildman–Crippen MR) is 102 cm³/mol. The van der Waals surface area contributed by atoms with E-state index in [0.29, 0.717) is 23.8 Å². The van der Waals surface area contributed by atoms with Crippen LogP contribution >= 0.6 is 0 Å². The van der Waals surface area contributed by atoms with Crippen LogP contribution in [0.4, 0.5) is 11.5 Å². The number of hydrogen-bond donors (Lipinski definition) is 3. The van der Waals surface area contributed by atoms with Crippen molar-refractivity contribution < 1.29 is 0 Å². The number of aromatic nitrogens is 2. The number of aromatic amines is 1. The molecular formula is C20H23N5. The summed E-state index contributed by atoms with van der Waals surface area (Å²) in [5, 5.41) is 5.10. The summed E-state index contributed by atoms with van der Waals surface area (Å²) in [5.74, 6) is 1.12. The zero-order valence-electron chi connectivity index (χ0n) is 14.4. The minimum atomic E-state index is 0.410. The molecule has 0 bridgehead atoms. The van der Waals surface area contributed by atoms with E-state index in [1.165, 1.54) is 22.0 Å². The molecule has 1 unspecified atom stereocenters. The van der Waals surface area contributed by atoms with Gasteiger partial charge in [0.15, 0.2) is 0 Å². The molecule has 0 amide bonds. The maximum Gasteiger partial charge on any atom is 0.123 e. The van der Waals surface area contributed by atoms with Crippen LogP contribution in [0.15, 0.2) is 42.7 Å². The number of nitrogen functional groups attached to an aromatic ring is 1. The van der Waals surface area contributed by atoms with Crippen molar-refractivity contribution in [3.63, 3.8) is 0 Å². The number of likely N-dealkylation sites (N-methyl/N-ethyl adjacent to an activating group) is 1. The van der Waals surface area contributed by atoms with E-state index >= 15 is 0 Å². The molecule has 1 saturated heterocycles. The SMILES string of the molecule is CN1C[C@H](Nc2ccc(N)nc2)CC2c3cccc4[nH]cc(c34)C[C@H]21. The Morgan fingerprint density at radius 3 is 3.04 bits per heavy atom. The summed E-state index contributed by atoms with van der Waals surface area (Å²) in [6.45, 7) is 1.04. The van der Waals surface area contributed by atoms with Crippen molar-refractivity contribution in [3.05, 3.63) is 53.9 Å². The van der Waals surface area contributed by atoms with Gasteiger partial charge in [0.05, 0.1) is 11.9 Å². The third-order valence-corrected chi connectivity index (χ3v) is 5.88. The molecule has 1 aliphatic carbocycles. The van der Waals surface area contributed by atoms with Gasteiger partial charge in [-0.3, -0.25) is 0 Å². The Kier molecular flexibility index (Phi) is 3.25. The minimum absolute atomic E-state index is 0.410. The number of fused-ring (bicyclic) bond motifs is 2. The standard InChI is InChI=1S/C20H23N5/c1-25-11-14(24-13-5-6-19(21)23-10-13)8-16-15-3-2-4-17-20(15)12(9-22-17)7-18(16)25/h2-6,9-10,14,16,18,22,24H,7-8,11H2,1H3,(H2,21,23)/t14-,16?,18-/m1/s1. The highest BCUT2D eigenvalue weighted by Gasteiger charge is 2.39. The molecule has 0 saturated carbocycles. The first-order valence-corrected chi connectivity index (χ1v) is 8.96. The fourth-order valence-corrected chi connectivity index (χ4v) is 4.77. The van der Waals surface area contributed by atoms with Crippen molar-refractivity contribution in [1.82, 2.24) is 14.9 Å². The second-order valence-electron chi connectivity index (χ2n) is 7.45. The lowest BCUT2D eigenvalue weighted by atomic mass is 9.74. The molecule has 25 heavy (non-hydrogen) atoms. The normalized spacial score (nSPS) is 25.7. The quantitative estimate of drug-likeness (QED) is 0.674. The Labute approximate surface area is 147 Å². The van der Waals surface area contributed by atoms with Crippen molar-refractivity contribution in [1.29, 1.82) is 0 Å². The number of rotatable bonds is 2. The van der Waals surface area contributed by atoms with Crippen molar-refractivity contribution in [2.45, 2.75) is 30.8 Å². The van der Waals surface area contributed by atoms with Gasteiger partial charge in [-0.2, -0.15) is 0 Å². The fraction of sp³-hybridized carbons (Fsp3) is 0.350. The molecule has 5 rings (SSSR count). The molecule has 3 heterocycles.